The van der Waals surface area contributed by atoms with Crippen molar-refractivity contribution < 1.29 is 0 Å². The maximum absolute atomic E-state index is 2.51. The van der Waals surface area contributed by atoms with E-state index >= 15 is 0 Å². The van der Waals surface area contributed by atoms with Crippen LogP contribution in [-0.4, -0.2) is 0 Å². The lowest BCUT2D eigenvalue weighted by atomic mass is 9.62. The number of fused-ring (bicyclic) bond motifs is 6. The Kier molecular flexibility index (Phi) is 8.22. The molecule has 12 rings (SSSR count). The molecular weight excluding hydrogens is 749 g/mol. The van der Waals surface area contributed by atoms with Crippen molar-refractivity contribution >= 4 is 61.1 Å². The summed E-state index contributed by atoms with van der Waals surface area (Å²) in [6.45, 7) is 9.81. The predicted octanol–water partition coefficient (Wildman–Crippen LogP) is 14.3. The van der Waals surface area contributed by atoms with Gasteiger partial charge in [-0.25, -0.2) is 0 Å². The standard InChI is InChI=1S/C60H50N2/c1-59(2)53-33-34-54-58-52(50-30-28-48(38-56(50)60(54,3)4)62(44-21-9-6-10-22-44)46-26-24-40-16-12-14-18-42(40)36-46)32-31-51(57(53)58)49-29-27-47(37-55(49)59)61(43-19-7-5-8-20-43)45-25-23-39-15-11-13-17-41(39)35-45/h5,7-9,11-30,33-38H,6,10,31-32H2,1-4H3. The third-order valence-corrected chi connectivity index (χ3v) is 14.5. The van der Waals surface area contributed by atoms with E-state index in [0.717, 1.165) is 31.4 Å². The molecule has 2 heteroatoms. The minimum absolute atomic E-state index is 0.197. The molecule has 0 saturated heterocycles. The van der Waals surface area contributed by atoms with Crippen LogP contribution in [0.5, 0.6) is 0 Å². The molecule has 4 aliphatic rings. The Morgan fingerprint density at radius 3 is 1.39 bits per heavy atom. The van der Waals surface area contributed by atoms with Gasteiger partial charge in [0.2, 0.25) is 0 Å². The van der Waals surface area contributed by atoms with Crippen molar-refractivity contribution in [2.75, 3.05) is 9.80 Å². The summed E-state index contributed by atoms with van der Waals surface area (Å²) in [4.78, 5) is 4.91. The van der Waals surface area contributed by atoms with Crippen LogP contribution in [0.1, 0.15) is 86.8 Å². The molecule has 0 radical (unpaired) electrons. The van der Waals surface area contributed by atoms with Crippen molar-refractivity contribution in [2.45, 2.75) is 64.2 Å². The number of hydrogen-bond acceptors (Lipinski definition) is 2. The molecular formula is C60H50N2. The summed E-state index contributed by atoms with van der Waals surface area (Å²) < 4.78 is 0. The van der Waals surface area contributed by atoms with Gasteiger partial charge in [-0.15, -0.1) is 0 Å². The Balaban J connectivity index is 1.02. The molecule has 8 aromatic rings. The van der Waals surface area contributed by atoms with Gasteiger partial charge in [0.25, 0.3) is 0 Å². The van der Waals surface area contributed by atoms with E-state index in [1.54, 1.807) is 0 Å². The molecule has 2 nitrogen and oxygen atoms in total. The van der Waals surface area contributed by atoms with Crippen molar-refractivity contribution in [1.29, 1.82) is 0 Å². The minimum atomic E-state index is -0.205. The third-order valence-electron chi connectivity index (χ3n) is 14.5. The average molecular weight is 799 g/mol. The van der Waals surface area contributed by atoms with E-state index in [4.69, 9.17) is 0 Å². The lowest BCUT2D eigenvalue weighted by Crippen LogP contribution is -2.50. The zero-order valence-electron chi connectivity index (χ0n) is 36.0. The van der Waals surface area contributed by atoms with Crippen molar-refractivity contribution in [1.82, 2.24) is 0 Å². The number of hydrogen-bond donors (Lipinski definition) is 0. The fourth-order valence-corrected chi connectivity index (χ4v) is 11.4. The number of para-hydroxylation sites is 1. The fourth-order valence-electron chi connectivity index (χ4n) is 11.4. The van der Waals surface area contributed by atoms with Gasteiger partial charge < -0.3 is 9.80 Å². The average Bonchev–Trinajstić information content (AvgIpc) is 3.31. The van der Waals surface area contributed by atoms with Crippen LogP contribution in [0, 0.1) is 0 Å². The SMILES string of the molecule is CC1(C)c2cc(N(C3=CCCC=C3)c3ccc4ccccc4c3)ccc2C2=c3c1ccc1c3=C(CC2)c2ccc(N(c3ccccc3)c3ccc4ccccc4c3)cc2C1(C)C. The normalized spacial score (nSPS) is 16.4. The van der Waals surface area contributed by atoms with Gasteiger partial charge in [-0.05, 0) is 169 Å². The highest BCUT2D eigenvalue weighted by atomic mass is 15.2. The molecule has 300 valence electrons. The first-order valence-corrected chi connectivity index (χ1v) is 22.5. The van der Waals surface area contributed by atoms with Crippen LogP contribution >= 0.6 is 0 Å². The zero-order valence-corrected chi connectivity index (χ0v) is 36.0. The summed E-state index contributed by atoms with van der Waals surface area (Å²) in [5.74, 6) is 0. The summed E-state index contributed by atoms with van der Waals surface area (Å²) in [5, 5.41) is 8.00. The second kappa shape index (κ2) is 13.8. The van der Waals surface area contributed by atoms with Gasteiger partial charge >= 0.3 is 0 Å². The summed E-state index contributed by atoms with van der Waals surface area (Å²) >= 11 is 0. The van der Waals surface area contributed by atoms with Crippen molar-refractivity contribution in [3.8, 4) is 0 Å². The molecule has 0 N–H and O–H groups in total. The number of rotatable bonds is 6. The number of nitrogens with zero attached hydrogens (tertiary/aromatic N) is 2. The Morgan fingerprint density at radius 2 is 0.855 bits per heavy atom. The highest BCUT2D eigenvalue weighted by molar-refractivity contribution is 5.92. The molecule has 4 aliphatic carbocycles. The molecule has 0 atom stereocenters. The lowest BCUT2D eigenvalue weighted by Gasteiger charge is -2.42. The van der Waals surface area contributed by atoms with E-state index in [2.05, 4.69) is 220 Å². The first-order chi connectivity index (χ1) is 30.3. The smallest absolute Gasteiger partial charge is 0.0468 e. The fraction of sp³-hybridized carbons (Fsp3) is 0.167. The van der Waals surface area contributed by atoms with Gasteiger partial charge in [-0.1, -0.05) is 143 Å². The molecule has 62 heavy (non-hydrogen) atoms. The Morgan fingerprint density at radius 1 is 0.387 bits per heavy atom. The summed E-state index contributed by atoms with van der Waals surface area (Å²) in [7, 11) is 0. The molecule has 8 aromatic carbocycles. The molecule has 0 aliphatic heterocycles. The molecule has 0 amide bonds. The molecule has 0 fully saturated rings. The van der Waals surface area contributed by atoms with Crippen LogP contribution in [-0.2, 0) is 10.8 Å². The van der Waals surface area contributed by atoms with Crippen LogP contribution in [0.2, 0.25) is 0 Å². The van der Waals surface area contributed by atoms with Gasteiger partial charge in [-0.2, -0.15) is 0 Å². The van der Waals surface area contributed by atoms with Gasteiger partial charge in [0.1, 0.15) is 0 Å². The van der Waals surface area contributed by atoms with Gasteiger partial charge in [0, 0.05) is 45.0 Å². The van der Waals surface area contributed by atoms with Gasteiger partial charge in [0.05, 0.1) is 0 Å². The van der Waals surface area contributed by atoms with Crippen LogP contribution in [0.25, 0.3) is 32.7 Å². The second-order valence-electron chi connectivity index (χ2n) is 18.8. The lowest BCUT2D eigenvalue weighted by molar-refractivity contribution is 0.602. The van der Waals surface area contributed by atoms with Crippen LogP contribution in [0.4, 0.5) is 28.4 Å². The molecule has 0 spiro atoms. The summed E-state index contributed by atoms with van der Waals surface area (Å²) in [6, 6.07) is 61.6. The van der Waals surface area contributed by atoms with E-state index in [9.17, 15) is 0 Å². The van der Waals surface area contributed by atoms with E-state index in [1.165, 1.54) is 105 Å². The third kappa shape index (κ3) is 5.55. The minimum Gasteiger partial charge on any atom is -0.311 e. The summed E-state index contributed by atoms with van der Waals surface area (Å²) in [5.41, 5.74) is 18.3. The van der Waals surface area contributed by atoms with Gasteiger partial charge in [0.15, 0.2) is 0 Å². The highest BCUT2D eigenvalue weighted by Crippen LogP contribution is 2.48. The molecule has 0 heterocycles. The topological polar surface area (TPSA) is 6.48 Å². The summed E-state index contributed by atoms with van der Waals surface area (Å²) in [6.07, 6.45) is 11.2. The van der Waals surface area contributed by atoms with E-state index in [0.29, 0.717) is 0 Å². The predicted molar refractivity (Wildman–Crippen MR) is 262 cm³/mol. The largest absolute Gasteiger partial charge is 0.311 e. The Bertz CT molecular complexity index is 3360. The number of benzene rings is 8. The number of allylic oxidation sites excluding steroid dienone is 3. The van der Waals surface area contributed by atoms with E-state index < -0.39 is 0 Å². The quantitative estimate of drug-likeness (QED) is 0.165. The Hall–Kier alpha value is -6.90. The van der Waals surface area contributed by atoms with Gasteiger partial charge in [-0.3, -0.25) is 0 Å². The van der Waals surface area contributed by atoms with Crippen LogP contribution < -0.4 is 20.2 Å². The molecule has 0 aromatic heterocycles. The van der Waals surface area contributed by atoms with Crippen molar-refractivity contribution in [3.63, 3.8) is 0 Å². The zero-order chi connectivity index (χ0) is 41.7. The van der Waals surface area contributed by atoms with Crippen molar-refractivity contribution in [3.05, 3.63) is 232 Å². The first-order valence-electron chi connectivity index (χ1n) is 22.5. The second-order valence-corrected chi connectivity index (χ2v) is 18.8. The van der Waals surface area contributed by atoms with Crippen LogP contribution in [0.3, 0.4) is 0 Å². The highest BCUT2D eigenvalue weighted by Gasteiger charge is 2.40. The monoisotopic (exact) mass is 798 g/mol. The van der Waals surface area contributed by atoms with Crippen LogP contribution in [0.15, 0.2) is 188 Å². The maximum atomic E-state index is 2.51. The van der Waals surface area contributed by atoms with E-state index in [1.807, 2.05) is 0 Å². The Labute approximate surface area is 365 Å². The molecule has 0 unspecified atom stereocenters. The molecule has 0 bridgehead atoms. The maximum Gasteiger partial charge on any atom is 0.0468 e. The molecule has 0 saturated carbocycles. The first kappa shape index (κ1) is 36.9. The van der Waals surface area contributed by atoms with Crippen molar-refractivity contribution in [2.24, 2.45) is 0 Å². The van der Waals surface area contributed by atoms with E-state index in [-0.39, 0.29) is 10.8 Å². The number of anilines is 5.